The third-order valence-corrected chi connectivity index (χ3v) is 4.81. The minimum atomic E-state index is 0.268. The summed E-state index contributed by atoms with van der Waals surface area (Å²) >= 11 is 0. The molecular weight excluding hydrogens is 358 g/mol. The van der Waals surface area contributed by atoms with E-state index in [0.717, 1.165) is 40.6 Å². The van der Waals surface area contributed by atoms with Gasteiger partial charge in [-0.1, -0.05) is 48.5 Å². The summed E-state index contributed by atoms with van der Waals surface area (Å²) in [6.45, 7) is 7.09. The Morgan fingerprint density at radius 2 is 1.72 bits per heavy atom. The lowest BCUT2D eigenvalue weighted by Crippen LogP contribution is -2.32. The molecule has 0 spiro atoms. The molecule has 0 unspecified atom stereocenters. The Morgan fingerprint density at radius 3 is 2.52 bits per heavy atom. The van der Waals surface area contributed by atoms with Crippen LogP contribution >= 0.6 is 0 Å². The minimum Gasteiger partial charge on any atom is -0.338 e. The van der Waals surface area contributed by atoms with E-state index in [4.69, 9.17) is 9.97 Å². The van der Waals surface area contributed by atoms with Crippen molar-refractivity contribution >= 4 is 28.4 Å². The summed E-state index contributed by atoms with van der Waals surface area (Å²) in [5.74, 6) is 1.49. The van der Waals surface area contributed by atoms with Gasteiger partial charge in [-0.2, -0.15) is 4.98 Å². The van der Waals surface area contributed by atoms with E-state index in [0.29, 0.717) is 0 Å². The van der Waals surface area contributed by atoms with Gasteiger partial charge in [0.1, 0.15) is 5.82 Å². The molecule has 0 aliphatic heterocycles. The molecule has 0 atom stereocenters. The Hall–Kier alpha value is -3.47. The molecule has 0 saturated heterocycles. The molecule has 2 aromatic carbocycles. The van der Waals surface area contributed by atoms with E-state index >= 15 is 0 Å². The van der Waals surface area contributed by atoms with Gasteiger partial charge in [0.2, 0.25) is 5.95 Å². The highest BCUT2D eigenvalue weighted by Gasteiger charge is 2.16. The van der Waals surface area contributed by atoms with Crippen LogP contribution in [0, 0.1) is 6.92 Å². The second-order valence-corrected chi connectivity index (χ2v) is 7.41. The molecule has 2 aromatic heterocycles. The average molecular weight is 383 g/mol. The average Bonchev–Trinajstić information content (AvgIpc) is 2.72. The summed E-state index contributed by atoms with van der Waals surface area (Å²) in [4.78, 5) is 16.3. The number of aromatic nitrogens is 3. The molecule has 0 radical (unpaired) electrons. The first-order chi connectivity index (χ1) is 14.1. The van der Waals surface area contributed by atoms with Crippen molar-refractivity contribution < 1.29 is 0 Å². The first kappa shape index (κ1) is 18.9. The Morgan fingerprint density at radius 1 is 0.931 bits per heavy atom. The predicted molar refractivity (Wildman–Crippen MR) is 120 cm³/mol. The summed E-state index contributed by atoms with van der Waals surface area (Å²) in [6, 6.07) is 22.8. The number of nitrogens with one attached hydrogen (secondary N) is 1. The van der Waals surface area contributed by atoms with Gasteiger partial charge < -0.3 is 10.2 Å². The van der Waals surface area contributed by atoms with Gasteiger partial charge in [-0.15, -0.1) is 0 Å². The Balaban J connectivity index is 1.67. The molecular formula is C24H25N5. The van der Waals surface area contributed by atoms with Gasteiger partial charge >= 0.3 is 0 Å². The van der Waals surface area contributed by atoms with Crippen molar-refractivity contribution in [3.05, 3.63) is 84.2 Å². The van der Waals surface area contributed by atoms with E-state index in [1.165, 1.54) is 5.56 Å². The molecule has 2 heterocycles. The number of anilines is 3. The molecule has 0 aliphatic rings. The highest BCUT2D eigenvalue weighted by molar-refractivity contribution is 5.91. The molecule has 0 bridgehead atoms. The molecule has 0 saturated carbocycles. The fourth-order valence-corrected chi connectivity index (χ4v) is 3.35. The summed E-state index contributed by atoms with van der Waals surface area (Å²) in [7, 11) is 0. The lowest BCUT2D eigenvalue weighted by Gasteiger charge is -2.27. The zero-order valence-corrected chi connectivity index (χ0v) is 17.0. The number of pyridine rings is 1. The predicted octanol–water partition coefficient (Wildman–Crippen LogP) is 5.49. The lowest BCUT2D eigenvalue weighted by atomic mass is 10.2. The number of hydrogen-bond acceptors (Lipinski definition) is 5. The summed E-state index contributed by atoms with van der Waals surface area (Å²) in [5, 5.41) is 4.54. The molecule has 5 nitrogen and oxygen atoms in total. The standard InChI is InChI=1S/C24H25N5/c1-17(2)29(16-19-9-5-4-6-10-19)24-26-18(3)15-22(28-24)27-21-13-7-11-20-12-8-14-25-23(20)21/h4-15,17H,16H2,1-3H3,(H,26,27,28). The summed E-state index contributed by atoms with van der Waals surface area (Å²) in [5.41, 5.74) is 4.02. The number of aryl methyl sites for hydroxylation is 1. The smallest absolute Gasteiger partial charge is 0.228 e. The van der Waals surface area contributed by atoms with Crippen molar-refractivity contribution in [3.8, 4) is 0 Å². The van der Waals surface area contributed by atoms with Crippen LogP contribution in [-0.2, 0) is 6.54 Å². The van der Waals surface area contributed by atoms with E-state index < -0.39 is 0 Å². The maximum Gasteiger partial charge on any atom is 0.228 e. The van der Waals surface area contributed by atoms with Gasteiger partial charge in [0, 0.05) is 35.9 Å². The van der Waals surface area contributed by atoms with Crippen molar-refractivity contribution in [2.75, 3.05) is 10.2 Å². The second-order valence-electron chi connectivity index (χ2n) is 7.41. The van der Waals surface area contributed by atoms with Crippen LogP contribution in [0.4, 0.5) is 17.5 Å². The summed E-state index contributed by atoms with van der Waals surface area (Å²) < 4.78 is 0. The zero-order chi connectivity index (χ0) is 20.2. The van der Waals surface area contributed by atoms with Gasteiger partial charge in [0.15, 0.2) is 0 Å². The van der Waals surface area contributed by atoms with Crippen LogP contribution in [0.25, 0.3) is 10.9 Å². The quantitative estimate of drug-likeness (QED) is 0.477. The molecule has 4 aromatic rings. The van der Waals surface area contributed by atoms with Crippen LogP contribution in [-0.4, -0.2) is 21.0 Å². The van der Waals surface area contributed by atoms with Gasteiger partial charge in [-0.3, -0.25) is 4.98 Å². The van der Waals surface area contributed by atoms with Crippen LogP contribution in [0.5, 0.6) is 0 Å². The highest BCUT2D eigenvalue weighted by atomic mass is 15.3. The second kappa shape index (κ2) is 8.27. The summed E-state index contributed by atoms with van der Waals surface area (Å²) in [6.07, 6.45) is 1.81. The Labute approximate surface area is 171 Å². The van der Waals surface area contributed by atoms with E-state index in [9.17, 15) is 0 Å². The first-order valence-electron chi connectivity index (χ1n) is 9.87. The molecule has 0 aliphatic carbocycles. The van der Waals surface area contributed by atoms with Crippen molar-refractivity contribution in [2.45, 2.75) is 33.4 Å². The lowest BCUT2D eigenvalue weighted by molar-refractivity contribution is 0.659. The number of benzene rings is 2. The third-order valence-electron chi connectivity index (χ3n) is 4.81. The van der Waals surface area contributed by atoms with Gasteiger partial charge in [0.05, 0.1) is 11.2 Å². The van der Waals surface area contributed by atoms with Crippen LogP contribution in [0.2, 0.25) is 0 Å². The van der Waals surface area contributed by atoms with Crippen LogP contribution in [0.3, 0.4) is 0 Å². The van der Waals surface area contributed by atoms with Crippen LogP contribution in [0.15, 0.2) is 72.9 Å². The minimum absolute atomic E-state index is 0.268. The first-order valence-corrected chi connectivity index (χ1v) is 9.87. The maximum absolute atomic E-state index is 4.83. The topological polar surface area (TPSA) is 53.9 Å². The molecule has 4 rings (SSSR count). The van der Waals surface area contributed by atoms with Crippen molar-refractivity contribution in [1.82, 2.24) is 15.0 Å². The van der Waals surface area contributed by atoms with E-state index in [-0.39, 0.29) is 6.04 Å². The number of fused-ring (bicyclic) bond motifs is 1. The van der Waals surface area contributed by atoms with E-state index in [1.54, 1.807) is 0 Å². The van der Waals surface area contributed by atoms with Crippen LogP contribution in [0.1, 0.15) is 25.1 Å². The van der Waals surface area contributed by atoms with Gasteiger partial charge in [-0.05, 0) is 38.5 Å². The van der Waals surface area contributed by atoms with Gasteiger partial charge in [-0.25, -0.2) is 4.98 Å². The van der Waals surface area contributed by atoms with Gasteiger partial charge in [0.25, 0.3) is 0 Å². The zero-order valence-electron chi connectivity index (χ0n) is 17.0. The molecule has 146 valence electrons. The van der Waals surface area contributed by atoms with Crippen molar-refractivity contribution in [2.24, 2.45) is 0 Å². The normalized spacial score (nSPS) is 11.0. The largest absolute Gasteiger partial charge is 0.338 e. The van der Waals surface area contributed by atoms with E-state index in [2.05, 4.69) is 65.4 Å². The molecule has 1 N–H and O–H groups in total. The van der Waals surface area contributed by atoms with E-state index in [1.807, 2.05) is 43.5 Å². The Kier molecular flexibility index (Phi) is 5.38. The fourth-order valence-electron chi connectivity index (χ4n) is 3.35. The molecule has 0 fully saturated rings. The van der Waals surface area contributed by atoms with Crippen LogP contribution < -0.4 is 10.2 Å². The monoisotopic (exact) mass is 383 g/mol. The number of para-hydroxylation sites is 1. The van der Waals surface area contributed by atoms with Crippen molar-refractivity contribution in [3.63, 3.8) is 0 Å². The number of nitrogens with zero attached hydrogens (tertiary/aromatic N) is 4. The number of hydrogen-bond donors (Lipinski definition) is 1. The molecule has 5 heteroatoms. The molecule has 29 heavy (non-hydrogen) atoms. The number of rotatable bonds is 6. The maximum atomic E-state index is 4.83. The Bertz CT molecular complexity index is 1100. The molecule has 0 amide bonds. The third kappa shape index (κ3) is 4.35. The van der Waals surface area contributed by atoms with Crippen molar-refractivity contribution in [1.29, 1.82) is 0 Å². The fraction of sp³-hybridized carbons (Fsp3) is 0.208. The highest BCUT2D eigenvalue weighted by Crippen LogP contribution is 2.25. The SMILES string of the molecule is Cc1cc(Nc2cccc3cccnc23)nc(N(Cc2ccccc2)C(C)C)n1.